The van der Waals surface area contributed by atoms with Crippen LogP contribution in [0.1, 0.15) is 43.7 Å². The Morgan fingerprint density at radius 2 is 2.19 bits per heavy atom. The van der Waals surface area contributed by atoms with Crippen molar-refractivity contribution in [1.29, 1.82) is 5.26 Å². The van der Waals surface area contributed by atoms with Crippen molar-refractivity contribution in [3.05, 3.63) is 35.4 Å². The quantitative estimate of drug-likeness (QED) is 0.409. The summed E-state index contributed by atoms with van der Waals surface area (Å²) in [5.41, 5.74) is 7.74. The Hall–Kier alpha value is -1.94. The predicted molar refractivity (Wildman–Crippen MR) is 100 cm³/mol. The minimum absolute atomic E-state index is 0.0779. The highest BCUT2D eigenvalue weighted by molar-refractivity contribution is 5.75. The van der Waals surface area contributed by atoms with Crippen LogP contribution in [0, 0.1) is 17.2 Å². The van der Waals surface area contributed by atoms with Crippen LogP contribution in [0.25, 0.3) is 0 Å². The van der Waals surface area contributed by atoms with Crippen molar-refractivity contribution >= 4 is 5.90 Å². The molecule has 1 saturated heterocycles. The molecular weight excluding hydrogens is 330 g/mol. The SMILES string of the molecule is CCOC(O)C1CCCC[N+](=C(O)C(N)Cc2cccc(C#N)c2)CC1. The molecule has 26 heavy (non-hydrogen) atoms. The highest BCUT2D eigenvalue weighted by Crippen LogP contribution is 2.21. The lowest BCUT2D eigenvalue weighted by Crippen LogP contribution is -2.41. The van der Waals surface area contributed by atoms with Gasteiger partial charge < -0.3 is 20.7 Å². The van der Waals surface area contributed by atoms with Crippen molar-refractivity contribution in [1.82, 2.24) is 0 Å². The van der Waals surface area contributed by atoms with Crippen LogP contribution < -0.4 is 5.73 Å². The second kappa shape index (κ2) is 10.3. The van der Waals surface area contributed by atoms with Gasteiger partial charge in [-0.05, 0) is 37.5 Å². The molecule has 6 nitrogen and oxygen atoms in total. The zero-order valence-electron chi connectivity index (χ0n) is 15.5. The van der Waals surface area contributed by atoms with Gasteiger partial charge in [-0.2, -0.15) is 5.26 Å². The second-order valence-electron chi connectivity index (χ2n) is 6.86. The molecule has 1 fully saturated rings. The van der Waals surface area contributed by atoms with E-state index in [0.717, 1.165) is 37.8 Å². The van der Waals surface area contributed by atoms with E-state index >= 15 is 0 Å². The molecule has 0 bridgehead atoms. The zero-order chi connectivity index (χ0) is 18.9. The summed E-state index contributed by atoms with van der Waals surface area (Å²) in [7, 11) is 0. The van der Waals surface area contributed by atoms with E-state index < -0.39 is 12.3 Å². The molecule has 4 N–H and O–H groups in total. The maximum atomic E-state index is 10.6. The van der Waals surface area contributed by atoms with Gasteiger partial charge in [-0.1, -0.05) is 12.1 Å². The molecule has 2 rings (SSSR count). The normalized spacial score (nSPS) is 22.6. The van der Waals surface area contributed by atoms with E-state index in [0.29, 0.717) is 25.1 Å². The highest BCUT2D eigenvalue weighted by Gasteiger charge is 2.27. The Bertz CT molecular complexity index is 654. The summed E-state index contributed by atoms with van der Waals surface area (Å²) >= 11 is 0. The predicted octanol–water partition coefficient (Wildman–Crippen LogP) is 1.94. The van der Waals surface area contributed by atoms with Gasteiger partial charge >= 0.3 is 5.90 Å². The maximum absolute atomic E-state index is 10.6. The molecule has 0 amide bonds. The van der Waals surface area contributed by atoms with Gasteiger partial charge in [-0.15, -0.1) is 0 Å². The summed E-state index contributed by atoms with van der Waals surface area (Å²) in [4.78, 5) is 0. The lowest BCUT2D eigenvalue weighted by atomic mass is 9.95. The molecule has 0 aliphatic carbocycles. The third-order valence-electron chi connectivity index (χ3n) is 4.93. The third kappa shape index (κ3) is 5.80. The standard InChI is InChI=1S/C20H29N3O3/c1-2-26-20(25)17-8-3-4-10-23(11-9-17)19(24)18(22)13-15-6-5-7-16(12-15)14-21/h5-7,12,17-18,20,25H,2-4,8-11,13,22H2,1H3/p+1. The number of ether oxygens (including phenoxy) is 1. The van der Waals surface area contributed by atoms with Crippen molar-refractivity contribution in [3.8, 4) is 6.07 Å². The van der Waals surface area contributed by atoms with E-state index in [1.165, 1.54) is 0 Å². The summed E-state index contributed by atoms with van der Waals surface area (Å²) in [6.07, 6.45) is 3.34. The molecular formula is C20H30N3O3+. The Morgan fingerprint density at radius 1 is 1.38 bits per heavy atom. The van der Waals surface area contributed by atoms with Crippen molar-refractivity contribution in [2.45, 2.75) is 51.4 Å². The van der Waals surface area contributed by atoms with E-state index in [9.17, 15) is 10.2 Å². The fraction of sp³-hybridized carbons (Fsp3) is 0.600. The topological polar surface area (TPSA) is 103 Å². The van der Waals surface area contributed by atoms with Gasteiger partial charge in [0.1, 0.15) is 19.1 Å². The molecule has 3 unspecified atom stereocenters. The van der Waals surface area contributed by atoms with E-state index in [-0.39, 0.29) is 11.8 Å². The summed E-state index contributed by atoms with van der Waals surface area (Å²) in [5.74, 6) is 0.257. The Balaban J connectivity index is 2.04. The molecule has 142 valence electrons. The van der Waals surface area contributed by atoms with Crippen LogP contribution in [0.4, 0.5) is 0 Å². The van der Waals surface area contributed by atoms with Gasteiger partial charge in [-0.3, -0.25) is 0 Å². The van der Waals surface area contributed by atoms with Crippen LogP contribution in [0.15, 0.2) is 24.3 Å². The average Bonchev–Trinajstić information content (AvgIpc) is 2.61. The van der Waals surface area contributed by atoms with Crippen LogP contribution in [0.5, 0.6) is 0 Å². The largest absolute Gasteiger partial charge is 0.462 e. The Labute approximate surface area is 155 Å². The Morgan fingerprint density at radius 3 is 2.92 bits per heavy atom. The number of hydrogen-bond acceptors (Lipinski definition) is 4. The van der Waals surface area contributed by atoms with Crippen LogP contribution in [0.2, 0.25) is 0 Å². The molecule has 1 aliphatic heterocycles. The molecule has 0 saturated carbocycles. The molecule has 0 aromatic heterocycles. The van der Waals surface area contributed by atoms with Gasteiger partial charge in [0.05, 0.1) is 11.6 Å². The van der Waals surface area contributed by atoms with Crippen molar-refractivity contribution in [3.63, 3.8) is 0 Å². The van der Waals surface area contributed by atoms with Gasteiger partial charge in [0.15, 0.2) is 6.29 Å². The first-order chi connectivity index (χ1) is 12.5. The highest BCUT2D eigenvalue weighted by atomic mass is 16.6. The van der Waals surface area contributed by atoms with Gasteiger partial charge in [-0.25, -0.2) is 4.58 Å². The molecule has 1 heterocycles. The number of nitrogens with zero attached hydrogens (tertiary/aromatic N) is 2. The van der Waals surface area contributed by atoms with Crippen molar-refractivity contribution < 1.29 is 19.5 Å². The second-order valence-corrected chi connectivity index (χ2v) is 6.86. The number of rotatable bonds is 6. The maximum Gasteiger partial charge on any atom is 0.351 e. The number of hydrogen-bond donors (Lipinski definition) is 3. The zero-order valence-corrected chi connectivity index (χ0v) is 15.5. The summed E-state index contributed by atoms with van der Waals surface area (Å²) in [6, 6.07) is 8.89. The first-order valence-corrected chi connectivity index (χ1v) is 9.40. The molecule has 0 radical (unpaired) electrons. The Kier molecular flexibility index (Phi) is 8.05. The molecule has 0 spiro atoms. The van der Waals surface area contributed by atoms with E-state index in [4.69, 9.17) is 15.7 Å². The van der Waals surface area contributed by atoms with Gasteiger partial charge in [0, 0.05) is 31.8 Å². The van der Waals surface area contributed by atoms with E-state index in [1.54, 1.807) is 12.1 Å². The number of aliphatic hydroxyl groups is 2. The fourth-order valence-corrected chi connectivity index (χ4v) is 3.46. The minimum atomic E-state index is -0.746. The monoisotopic (exact) mass is 360 g/mol. The van der Waals surface area contributed by atoms with Crippen LogP contribution in [0.3, 0.4) is 0 Å². The van der Waals surface area contributed by atoms with E-state index in [2.05, 4.69) is 6.07 Å². The number of aliphatic hydroxyl groups excluding tert-OH is 2. The fourth-order valence-electron chi connectivity index (χ4n) is 3.46. The number of benzene rings is 1. The first-order valence-electron chi connectivity index (χ1n) is 9.40. The summed E-state index contributed by atoms with van der Waals surface area (Å²) in [6.45, 7) is 3.77. The molecule has 1 aromatic carbocycles. The number of nitriles is 1. The summed E-state index contributed by atoms with van der Waals surface area (Å²) in [5, 5.41) is 29.7. The third-order valence-corrected chi connectivity index (χ3v) is 4.93. The molecule has 1 aromatic rings. The number of nitrogens with two attached hydrogens (primary N) is 1. The van der Waals surface area contributed by atoms with Crippen LogP contribution >= 0.6 is 0 Å². The first kappa shape index (κ1) is 20.4. The lowest BCUT2D eigenvalue weighted by molar-refractivity contribution is -0.541. The van der Waals surface area contributed by atoms with Crippen LogP contribution in [-0.2, 0) is 11.2 Å². The molecule has 3 atom stereocenters. The molecule has 1 aliphatic rings. The van der Waals surface area contributed by atoms with Gasteiger partial charge in [0.2, 0.25) is 0 Å². The smallest absolute Gasteiger partial charge is 0.351 e. The van der Waals surface area contributed by atoms with Crippen LogP contribution in [-0.4, -0.2) is 52.7 Å². The van der Waals surface area contributed by atoms with Gasteiger partial charge in [0.25, 0.3) is 0 Å². The van der Waals surface area contributed by atoms with Crippen molar-refractivity contribution in [2.75, 3.05) is 19.7 Å². The van der Waals surface area contributed by atoms with Crippen molar-refractivity contribution in [2.24, 2.45) is 11.7 Å². The lowest BCUT2D eigenvalue weighted by Gasteiger charge is -2.24. The minimum Gasteiger partial charge on any atom is -0.462 e. The summed E-state index contributed by atoms with van der Waals surface area (Å²) < 4.78 is 7.26. The average molecular weight is 360 g/mol. The van der Waals surface area contributed by atoms with E-state index in [1.807, 2.05) is 23.6 Å². The molecule has 6 heteroatoms.